The minimum Gasteiger partial charge on any atom is -0.324 e. The summed E-state index contributed by atoms with van der Waals surface area (Å²) in [4.78, 5) is 18.2. The van der Waals surface area contributed by atoms with Crippen molar-refractivity contribution in [3.63, 3.8) is 0 Å². The Labute approximate surface area is 103 Å². The van der Waals surface area contributed by atoms with Crippen LogP contribution in [0.3, 0.4) is 0 Å². The Bertz CT molecular complexity index is 565. The van der Waals surface area contributed by atoms with Gasteiger partial charge in [-0.05, 0) is 19.1 Å². The van der Waals surface area contributed by atoms with E-state index in [2.05, 4.69) is 9.97 Å². The molecule has 1 atom stereocenters. The summed E-state index contributed by atoms with van der Waals surface area (Å²) in [5.41, 5.74) is 6.52. The SMILES string of the molecule is C[C@H](N)c1cc2cc(Cl)cnc2[nH]c1=O.Cl. The van der Waals surface area contributed by atoms with E-state index >= 15 is 0 Å². The predicted molar refractivity (Wildman–Crippen MR) is 67.2 cm³/mol. The number of nitrogens with zero attached hydrogens (tertiary/aromatic N) is 1. The van der Waals surface area contributed by atoms with Crippen LogP contribution in [0.25, 0.3) is 11.0 Å². The van der Waals surface area contributed by atoms with Gasteiger partial charge >= 0.3 is 0 Å². The maximum Gasteiger partial charge on any atom is 0.254 e. The molecule has 0 spiro atoms. The Morgan fingerprint density at radius 2 is 2.19 bits per heavy atom. The summed E-state index contributed by atoms with van der Waals surface area (Å²) in [6.07, 6.45) is 1.49. The molecule has 0 aliphatic rings. The van der Waals surface area contributed by atoms with Gasteiger partial charge in [0.05, 0.1) is 5.02 Å². The Morgan fingerprint density at radius 3 is 2.81 bits per heavy atom. The highest BCUT2D eigenvalue weighted by atomic mass is 35.5. The Hall–Kier alpha value is -1.10. The molecule has 2 heterocycles. The molecule has 0 amide bonds. The summed E-state index contributed by atoms with van der Waals surface area (Å²) in [7, 11) is 0. The van der Waals surface area contributed by atoms with Gasteiger partial charge in [0.1, 0.15) is 5.65 Å². The molecule has 0 fully saturated rings. The lowest BCUT2D eigenvalue weighted by Crippen LogP contribution is -2.19. The van der Waals surface area contributed by atoms with Crippen molar-refractivity contribution in [2.24, 2.45) is 5.73 Å². The van der Waals surface area contributed by atoms with Crippen LogP contribution in [0.15, 0.2) is 23.1 Å². The molecule has 4 nitrogen and oxygen atoms in total. The number of nitrogens with two attached hydrogens (primary N) is 1. The standard InChI is InChI=1S/C10H10ClN3O.ClH/c1-5(12)8-3-6-2-7(11)4-13-9(6)14-10(8)15;/h2-5H,12H2,1H3,(H,13,14,15);1H/t5-;/m0./s1. The summed E-state index contributed by atoms with van der Waals surface area (Å²) in [5.74, 6) is 0. The fraction of sp³-hybridized carbons (Fsp3) is 0.200. The van der Waals surface area contributed by atoms with Crippen LogP contribution in [0, 0.1) is 0 Å². The molecule has 2 aromatic rings. The van der Waals surface area contributed by atoms with Crippen LogP contribution >= 0.6 is 24.0 Å². The van der Waals surface area contributed by atoms with E-state index in [1.54, 1.807) is 19.1 Å². The Morgan fingerprint density at radius 1 is 1.50 bits per heavy atom. The smallest absolute Gasteiger partial charge is 0.254 e. The zero-order valence-corrected chi connectivity index (χ0v) is 10.1. The van der Waals surface area contributed by atoms with E-state index in [4.69, 9.17) is 17.3 Å². The Balaban J connectivity index is 0.00000128. The van der Waals surface area contributed by atoms with Gasteiger partial charge in [-0.25, -0.2) is 4.98 Å². The molecule has 3 N–H and O–H groups in total. The first-order valence-corrected chi connectivity index (χ1v) is 4.90. The minimum atomic E-state index is -0.308. The fourth-order valence-electron chi connectivity index (χ4n) is 1.42. The third kappa shape index (κ3) is 2.35. The minimum absolute atomic E-state index is 0. The van der Waals surface area contributed by atoms with E-state index in [0.717, 1.165) is 5.39 Å². The van der Waals surface area contributed by atoms with E-state index in [1.165, 1.54) is 6.20 Å². The Kier molecular flexibility index (Phi) is 3.91. The second kappa shape index (κ2) is 4.82. The number of halogens is 2. The van der Waals surface area contributed by atoms with Crippen molar-refractivity contribution in [3.05, 3.63) is 39.3 Å². The monoisotopic (exact) mass is 259 g/mol. The first-order chi connectivity index (χ1) is 7.08. The van der Waals surface area contributed by atoms with Crippen LogP contribution < -0.4 is 11.3 Å². The second-order valence-electron chi connectivity index (χ2n) is 3.43. The van der Waals surface area contributed by atoms with E-state index in [9.17, 15) is 4.79 Å². The second-order valence-corrected chi connectivity index (χ2v) is 3.87. The molecule has 86 valence electrons. The molecule has 0 aromatic carbocycles. The number of H-pyrrole nitrogens is 1. The fourth-order valence-corrected chi connectivity index (χ4v) is 1.59. The van der Waals surface area contributed by atoms with Gasteiger partial charge in [0.2, 0.25) is 0 Å². The first kappa shape index (κ1) is 13.0. The number of fused-ring (bicyclic) bond motifs is 1. The molecule has 2 rings (SSSR count). The van der Waals surface area contributed by atoms with Crippen LogP contribution in [-0.2, 0) is 0 Å². The molecule has 0 saturated heterocycles. The van der Waals surface area contributed by atoms with Crippen molar-refractivity contribution in [2.75, 3.05) is 0 Å². The van der Waals surface area contributed by atoms with Gasteiger partial charge in [-0.1, -0.05) is 11.6 Å². The topological polar surface area (TPSA) is 71.8 Å². The summed E-state index contributed by atoms with van der Waals surface area (Å²) in [5, 5.41) is 1.32. The molecule has 6 heteroatoms. The highest BCUT2D eigenvalue weighted by Crippen LogP contribution is 2.16. The van der Waals surface area contributed by atoms with Crippen molar-refractivity contribution in [3.8, 4) is 0 Å². The summed E-state index contributed by atoms with van der Waals surface area (Å²) >= 11 is 5.80. The van der Waals surface area contributed by atoms with Gasteiger partial charge in [0.25, 0.3) is 5.56 Å². The highest BCUT2D eigenvalue weighted by molar-refractivity contribution is 6.31. The number of hydrogen-bond acceptors (Lipinski definition) is 3. The zero-order valence-electron chi connectivity index (χ0n) is 8.53. The molecule has 0 radical (unpaired) electrons. The van der Waals surface area contributed by atoms with E-state index in [0.29, 0.717) is 16.2 Å². The maximum atomic E-state index is 11.6. The molecule has 0 bridgehead atoms. The number of nitrogens with one attached hydrogen (secondary N) is 1. The van der Waals surface area contributed by atoms with E-state index in [1.807, 2.05) is 0 Å². The lowest BCUT2D eigenvalue weighted by Gasteiger charge is -2.05. The first-order valence-electron chi connectivity index (χ1n) is 4.52. The van der Waals surface area contributed by atoms with Crippen LogP contribution in [0.1, 0.15) is 18.5 Å². The van der Waals surface area contributed by atoms with Crippen molar-refractivity contribution in [2.45, 2.75) is 13.0 Å². The highest BCUT2D eigenvalue weighted by Gasteiger charge is 2.07. The number of rotatable bonds is 1. The van der Waals surface area contributed by atoms with Gasteiger partial charge in [0.15, 0.2) is 0 Å². The third-order valence-electron chi connectivity index (χ3n) is 2.18. The third-order valence-corrected chi connectivity index (χ3v) is 2.39. The molecule has 0 unspecified atom stereocenters. The van der Waals surface area contributed by atoms with Gasteiger partial charge < -0.3 is 10.7 Å². The molecule has 16 heavy (non-hydrogen) atoms. The van der Waals surface area contributed by atoms with E-state index in [-0.39, 0.29) is 24.0 Å². The normalized spacial score (nSPS) is 12.2. The quantitative estimate of drug-likeness (QED) is 0.823. The predicted octanol–water partition coefficient (Wildman–Crippen LogP) is 2.02. The number of pyridine rings is 2. The van der Waals surface area contributed by atoms with Gasteiger partial charge in [-0.15, -0.1) is 12.4 Å². The molecule has 0 saturated carbocycles. The summed E-state index contributed by atoms with van der Waals surface area (Å²) in [6, 6.07) is 3.15. The summed E-state index contributed by atoms with van der Waals surface area (Å²) in [6.45, 7) is 1.76. The van der Waals surface area contributed by atoms with Crippen LogP contribution in [0.2, 0.25) is 5.02 Å². The lowest BCUT2D eigenvalue weighted by atomic mass is 10.1. The molecule has 0 aliphatic heterocycles. The molecule has 2 aromatic heterocycles. The average Bonchev–Trinajstić information content (AvgIpc) is 2.17. The average molecular weight is 260 g/mol. The van der Waals surface area contributed by atoms with Crippen molar-refractivity contribution in [1.82, 2.24) is 9.97 Å². The molecule has 0 aliphatic carbocycles. The van der Waals surface area contributed by atoms with Crippen molar-refractivity contribution >= 4 is 35.0 Å². The zero-order chi connectivity index (χ0) is 11.0. The number of hydrogen-bond donors (Lipinski definition) is 2. The van der Waals surface area contributed by atoms with Crippen LogP contribution in [0.4, 0.5) is 0 Å². The van der Waals surface area contributed by atoms with Gasteiger partial charge in [-0.3, -0.25) is 4.79 Å². The summed E-state index contributed by atoms with van der Waals surface area (Å²) < 4.78 is 0. The van der Waals surface area contributed by atoms with Gasteiger partial charge in [0, 0.05) is 23.2 Å². The molecular formula is C10H11Cl2N3O. The van der Waals surface area contributed by atoms with Crippen LogP contribution in [-0.4, -0.2) is 9.97 Å². The number of aromatic amines is 1. The van der Waals surface area contributed by atoms with E-state index < -0.39 is 0 Å². The van der Waals surface area contributed by atoms with Crippen molar-refractivity contribution in [1.29, 1.82) is 0 Å². The maximum absolute atomic E-state index is 11.6. The number of aromatic nitrogens is 2. The van der Waals surface area contributed by atoms with Gasteiger partial charge in [-0.2, -0.15) is 0 Å². The molecular weight excluding hydrogens is 249 g/mol. The van der Waals surface area contributed by atoms with Crippen molar-refractivity contribution < 1.29 is 0 Å². The van der Waals surface area contributed by atoms with Crippen LogP contribution in [0.5, 0.6) is 0 Å². The lowest BCUT2D eigenvalue weighted by molar-refractivity contribution is 0.803. The largest absolute Gasteiger partial charge is 0.324 e.